The number of imidazole rings is 1. The standard InChI is InChI=1S/C18H20Cl2N4O/c19-13-2-1-3-16(17(13)20)23-6-8-24(9-7-23)18(25)12-4-5-14-15(10-12)22-11-21-14/h1-3,11-12H,4-10H2,(H,21,22)/t12-/m1/s1. The van der Waals surface area contributed by atoms with Crippen LogP contribution in [0.25, 0.3) is 0 Å². The number of nitrogens with zero attached hydrogens (tertiary/aromatic N) is 3. The molecule has 2 heterocycles. The van der Waals surface area contributed by atoms with E-state index in [2.05, 4.69) is 14.9 Å². The first kappa shape index (κ1) is 16.7. The molecule has 1 aromatic heterocycles. The molecular weight excluding hydrogens is 359 g/mol. The largest absolute Gasteiger partial charge is 0.367 e. The molecule has 1 amide bonds. The summed E-state index contributed by atoms with van der Waals surface area (Å²) < 4.78 is 0. The van der Waals surface area contributed by atoms with Gasteiger partial charge in [-0.2, -0.15) is 0 Å². The number of halogens is 2. The highest BCUT2D eigenvalue weighted by atomic mass is 35.5. The monoisotopic (exact) mass is 378 g/mol. The van der Waals surface area contributed by atoms with Crippen molar-refractivity contribution in [3.05, 3.63) is 46.0 Å². The molecule has 1 aliphatic carbocycles. The number of carbonyl (C=O) groups is 1. The van der Waals surface area contributed by atoms with Gasteiger partial charge in [0.1, 0.15) is 0 Å². The van der Waals surface area contributed by atoms with Crippen LogP contribution in [0.4, 0.5) is 5.69 Å². The maximum absolute atomic E-state index is 12.9. The number of benzene rings is 1. The van der Waals surface area contributed by atoms with E-state index in [0.717, 1.165) is 49.4 Å². The smallest absolute Gasteiger partial charge is 0.226 e. The first-order chi connectivity index (χ1) is 12.1. The van der Waals surface area contributed by atoms with Crippen LogP contribution in [-0.4, -0.2) is 47.0 Å². The van der Waals surface area contributed by atoms with E-state index in [-0.39, 0.29) is 11.8 Å². The number of aromatic amines is 1. The highest BCUT2D eigenvalue weighted by molar-refractivity contribution is 6.43. The zero-order valence-electron chi connectivity index (χ0n) is 13.8. The molecule has 0 unspecified atom stereocenters. The second-order valence-electron chi connectivity index (χ2n) is 6.65. The van der Waals surface area contributed by atoms with E-state index < -0.39 is 0 Å². The number of nitrogens with one attached hydrogen (secondary N) is 1. The molecule has 0 spiro atoms. The van der Waals surface area contributed by atoms with Gasteiger partial charge < -0.3 is 14.8 Å². The van der Waals surface area contributed by atoms with Crippen molar-refractivity contribution in [3.63, 3.8) is 0 Å². The third-order valence-electron chi connectivity index (χ3n) is 5.20. The molecule has 25 heavy (non-hydrogen) atoms. The minimum Gasteiger partial charge on any atom is -0.367 e. The molecule has 132 valence electrons. The van der Waals surface area contributed by atoms with Crippen LogP contribution in [0.5, 0.6) is 0 Å². The fourth-order valence-electron chi connectivity index (χ4n) is 3.77. The van der Waals surface area contributed by atoms with Gasteiger partial charge in [0, 0.05) is 44.2 Å². The molecule has 1 aliphatic heterocycles. The predicted octanol–water partition coefficient (Wildman–Crippen LogP) is 3.17. The summed E-state index contributed by atoms with van der Waals surface area (Å²) in [6.45, 7) is 2.98. The third kappa shape index (κ3) is 3.23. The number of anilines is 1. The Bertz CT molecular complexity index is 783. The first-order valence-electron chi connectivity index (χ1n) is 8.62. The Balaban J connectivity index is 1.39. The summed E-state index contributed by atoms with van der Waals surface area (Å²) in [5, 5.41) is 1.15. The Morgan fingerprint density at radius 3 is 2.80 bits per heavy atom. The van der Waals surface area contributed by atoms with Crippen molar-refractivity contribution in [2.45, 2.75) is 19.3 Å². The summed E-state index contributed by atoms with van der Waals surface area (Å²) in [6.07, 6.45) is 4.27. The number of piperazine rings is 1. The van der Waals surface area contributed by atoms with Crippen molar-refractivity contribution < 1.29 is 4.79 Å². The number of H-pyrrole nitrogens is 1. The number of amides is 1. The minimum atomic E-state index is 0.0641. The topological polar surface area (TPSA) is 52.2 Å². The number of carbonyl (C=O) groups excluding carboxylic acids is 1. The van der Waals surface area contributed by atoms with Crippen molar-refractivity contribution in [1.82, 2.24) is 14.9 Å². The second-order valence-corrected chi connectivity index (χ2v) is 7.44. The van der Waals surface area contributed by atoms with Gasteiger partial charge in [0.15, 0.2) is 0 Å². The van der Waals surface area contributed by atoms with Crippen LogP contribution in [0, 0.1) is 5.92 Å². The number of hydrogen-bond donors (Lipinski definition) is 1. The summed E-state index contributed by atoms with van der Waals surface area (Å²) in [4.78, 5) is 24.5. The van der Waals surface area contributed by atoms with Gasteiger partial charge in [-0.15, -0.1) is 0 Å². The molecule has 0 saturated carbocycles. The van der Waals surface area contributed by atoms with Gasteiger partial charge in [0.25, 0.3) is 0 Å². The van der Waals surface area contributed by atoms with Crippen molar-refractivity contribution in [2.75, 3.05) is 31.1 Å². The molecule has 1 aromatic carbocycles. The lowest BCUT2D eigenvalue weighted by molar-refractivity contribution is -0.136. The number of aromatic nitrogens is 2. The average molecular weight is 379 g/mol. The molecule has 4 rings (SSSR count). The molecular formula is C18H20Cl2N4O. The zero-order chi connectivity index (χ0) is 17.4. The summed E-state index contributed by atoms with van der Waals surface area (Å²) in [6, 6.07) is 5.68. The SMILES string of the molecule is O=C([C@@H]1CCc2nc[nH]c2C1)N1CCN(c2cccc(Cl)c2Cl)CC1. The lowest BCUT2D eigenvalue weighted by Crippen LogP contribution is -2.51. The quantitative estimate of drug-likeness (QED) is 0.872. The zero-order valence-corrected chi connectivity index (χ0v) is 15.4. The number of rotatable bonds is 2. The third-order valence-corrected chi connectivity index (χ3v) is 6.01. The van der Waals surface area contributed by atoms with Gasteiger partial charge in [-0.1, -0.05) is 29.3 Å². The number of fused-ring (bicyclic) bond motifs is 1. The molecule has 5 nitrogen and oxygen atoms in total. The van der Waals surface area contributed by atoms with Crippen LogP contribution in [0.2, 0.25) is 10.0 Å². The Labute approximate surface area is 156 Å². The van der Waals surface area contributed by atoms with Crippen LogP contribution in [0.3, 0.4) is 0 Å². The summed E-state index contributed by atoms with van der Waals surface area (Å²) in [5.74, 6) is 0.325. The molecule has 1 saturated heterocycles. The Morgan fingerprint density at radius 1 is 1.20 bits per heavy atom. The molecule has 2 aliphatic rings. The highest BCUT2D eigenvalue weighted by Gasteiger charge is 2.31. The van der Waals surface area contributed by atoms with Gasteiger partial charge in [0.05, 0.1) is 27.8 Å². The van der Waals surface area contributed by atoms with Crippen LogP contribution >= 0.6 is 23.2 Å². The van der Waals surface area contributed by atoms with Gasteiger partial charge in [0.2, 0.25) is 5.91 Å². The van der Waals surface area contributed by atoms with E-state index in [1.165, 1.54) is 0 Å². The molecule has 2 aromatic rings. The fourth-order valence-corrected chi connectivity index (χ4v) is 4.19. The lowest BCUT2D eigenvalue weighted by atomic mass is 9.88. The fraction of sp³-hybridized carbons (Fsp3) is 0.444. The lowest BCUT2D eigenvalue weighted by Gasteiger charge is -2.38. The molecule has 1 fully saturated rings. The van der Waals surface area contributed by atoms with E-state index in [9.17, 15) is 4.79 Å². The van der Waals surface area contributed by atoms with E-state index >= 15 is 0 Å². The highest BCUT2D eigenvalue weighted by Crippen LogP contribution is 2.33. The van der Waals surface area contributed by atoms with E-state index in [1.54, 1.807) is 12.4 Å². The summed E-state index contributed by atoms with van der Waals surface area (Å²) in [7, 11) is 0. The average Bonchev–Trinajstić information content (AvgIpc) is 3.11. The van der Waals surface area contributed by atoms with Gasteiger partial charge in [-0.25, -0.2) is 4.98 Å². The van der Waals surface area contributed by atoms with Crippen LogP contribution in [-0.2, 0) is 17.6 Å². The minimum absolute atomic E-state index is 0.0641. The second kappa shape index (κ2) is 6.89. The normalized spacial score (nSPS) is 20.5. The van der Waals surface area contributed by atoms with Crippen molar-refractivity contribution in [2.24, 2.45) is 5.92 Å². The van der Waals surface area contributed by atoms with E-state index in [0.29, 0.717) is 23.1 Å². The molecule has 0 radical (unpaired) electrons. The number of aryl methyl sites for hydroxylation is 1. The van der Waals surface area contributed by atoms with Crippen molar-refractivity contribution in [3.8, 4) is 0 Å². The maximum Gasteiger partial charge on any atom is 0.226 e. The van der Waals surface area contributed by atoms with Crippen LogP contribution < -0.4 is 4.90 Å². The number of hydrogen-bond acceptors (Lipinski definition) is 3. The first-order valence-corrected chi connectivity index (χ1v) is 9.38. The predicted molar refractivity (Wildman–Crippen MR) is 99.4 cm³/mol. The van der Waals surface area contributed by atoms with Gasteiger partial charge >= 0.3 is 0 Å². The van der Waals surface area contributed by atoms with E-state index in [1.807, 2.05) is 17.0 Å². The summed E-state index contributed by atoms with van der Waals surface area (Å²) in [5.41, 5.74) is 3.18. The maximum atomic E-state index is 12.9. The van der Waals surface area contributed by atoms with Crippen molar-refractivity contribution in [1.29, 1.82) is 0 Å². The summed E-state index contributed by atoms with van der Waals surface area (Å²) >= 11 is 12.4. The van der Waals surface area contributed by atoms with Crippen LogP contribution in [0.1, 0.15) is 17.8 Å². The molecule has 1 N–H and O–H groups in total. The Morgan fingerprint density at radius 2 is 2.00 bits per heavy atom. The van der Waals surface area contributed by atoms with Gasteiger partial charge in [-0.05, 0) is 25.0 Å². The molecule has 0 bridgehead atoms. The van der Waals surface area contributed by atoms with E-state index in [4.69, 9.17) is 23.2 Å². The van der Waals surface area contributed by atoms with Crippen molar-refractivity contribution >= 4 is 34.8 Å². The van der Waals surface area contributed by atoms with Gasteiger partial charge in [-0.3, -0.25) is 4.79 Å². The molecule has 7 heteroatoms. The Kier molecular flexibility index (Phi) is 4.61. The Hall–Kier alpha value is -1.72. The van der Waals surface area contributed by atoms with Crippen LogP contribution in [0.15, 0.2) is 24.5 Å². The molecule has 1 atom stereocenters.